The Balaban J connectivity index is 3.08. The van der Waals surface area contributed by atoms with Gasteiger partial charge in [0.15, 0.2) is 5.78 Å². The molecule has 0 saturated heterocycles. The molecule has 80 valence electrons. The molecule has 0 fully saturated rings. The van der Waals surface area contributed by atoms with Gasteiger partial charge in [-0.25, -0.2) is 0 Å². The van der Waals surface area contributed by atoms with E-state index in [1.54, 1.807) is 0 Å². The molecule has 0 spiro atoms. The zero-order chi connectivity index (χ0) is 11.3. The highest BCUT2D eigenvalue weighted by atomic mass is 16.1. The average molecular weight is 203 g/mol. The Bertz CT molecular complexity index is 352. The minimum atomic E-state index is 0.176. The fourth-order valence-corrected chi connectivity index (χ4v) is 1.37. The molecular weight excluding hydrogens is 186 g/mol. The zero-order valence-corrected chi connectivity index (χ0v) is 9.53. The summed E-state index contributed by atoms with van der Waals surface area (Å²) < 4.78 is 0. The summed E-state index contributed by atoms with van der Waals surface area (Å²) in [6, 6.07) is 9.77. The molecule has 15 heavy (non-hydrogen) atoms. The maximum absolute atomic E-state index is 11.8. The second-order valence-electron chi connectivity index (χ2n) is 3.65. The maximum atomic E-state index is 11.8. The van der Waals surface area contributed by atoms with Gasteiger partial charge < -0.3 is 4.90 Å². The number of allylic oxidation sites excluding steroid dienone is 1. The predicted molar refractivity (Wildman–Crippen MR) is 63.4 cm³/mol. The second-order valence-corrected chi connectivity index (χ2v) is 3.65. The van der Waals surface area contributed by atoms with E-state index in [0.29, 0.717) is 6.42 Å². The number of nitrogens with zero attached hydrogens (tertiary/aromatic N) is 1. The Morgan fingerprint density at radius 1 is 1.27 bits per heavy atom. The lowest BCUT2D eigenvalue weighted by atomic mass is 10.0. The smallest absolute Gasteiger partial charge is 0.164 e. The molecule has 0 radical (unpaired) electrons. The predicted octanol–water partition coefficient (Wildman–Crippen LogP) is 2.57. The topological polar surface area (TPSA) is 20.3 Å². The van der Waals surface area contributed by atoms with Crippen LogP contribution in [0.1, 0.15) is 18.9 Å². The number of carbonyl (C=O) groups excluding carboxylic acids is 1. The number of carbonyl (C=O) groups is 1. The summed E-state index contributed by atoms with van der Waals surface area (Å²) in [5, 5.41) is 0. The van der Waals surface area contributed by atoms with Crippen molar-refractivity contribution in [2.24, 2.45) is 0 Å². The Morgan fingerprint density at radius 2 is 1.87 bits per heavy atom. The van der Waals surface area contributed by atoms with E-state index >= 15 is 0 Å². The SMILES string of the molecule is CCC(=O)/C(=C\N(C)C)c1ccccc1. The van der Waals surface area contributed by atoms with Gasteiger partial charge >= 0.3 is 0 Å². The van der Waals surface area contributed by atoms with Crippen molar-refractivity contribution >= 4 is 11.4 Å². The van der Waals surface area contributed by atoms with Crippen LogP contribution in [0.15, 0.2) is 36.5 Å². The molecule has 0 amide bonds. The lowest BCUT2D eigenvalue weighted by molar-refractivity contribution is -0.113. The highest BCUT2D eigenvalue weighted by molar-refractivity contribution is 6.20. The maximum Gasteiger partial charge on any atom is 0.164 e. The van der Waals surface area contributed by atoms with E-state index in [-0.39, 0.29) is 5.78 Å². The Kier molecular flexibility index (Phi) is 4.10. The number of hydrogen-bond donors (Lipinski definition) is 0. The molecule has 2 nitrogen and oxygen atoms in total. The molecule has 0 aliphatic rings. The quantitative estimate of drug-likeness (QED) is 0.701. The Labute approximate surface area is 91.2 Å². The third kappa shape index (κ3) is 3.24. The Hall–Kier alpha value is -1.57. The van der Waals surface area contributed by atoms with Gasteiger partial charge in [-0.3, -0.25) is 4.79 Å². The summed E-state index contributed by atoms with van der Waals surface area (Å²) in [5.41, 5.74) is 1.76. The fourth-order valence-electron chi connectivity index (χ4n) is 1.37. The first-order chi connectivity index (χ1) is 7.15. The lowest BCUT2D eigenvalue weighted by Crippen LogP contribution is -2.08. The van der Waals surface area contributed by atoms with E-state index in [1.807, 2.05) is 62.5 Å². The highest BCUT2D eigenvalue weighted by Gasteiger charge is 2.09. The van der Waals surface area contributed by atoms with Crippen molar-refractivity contribution in [2.75, 3.05) is 14.1 Å². The van der Waals surface area contributed by atoms with E-state index in [0.717, 1.165) is 11.1 Å². The third-order valence-corrected chi connectivity index (χ3v) is 2.09. The van der Waals surface area contributed by atoms with Crippen LogP contribution < -0.4 is 0 Å². The van der Waals surface area contributed by atoms with Gasteiger partial charge in [0, 0.05) is 32.3 Å². The van der Waals surface area contributed by atoms with E-state index in [9.17, 15) is 4.79 Å². The number of hydrogen-bond acceptors (Lipinski definition) is 2. The molecule has 0 aromatic heterocycles. The van der Waals surface area contributed by atoms with Crippen molar-refractivity contribution in [2.45, 2.75) is 13.3 Å². The van der Waals surface area contributed by atoms with E-state index < -0.39 is 0 Å². The van der Waals surface area contributed by atoms with Gasteiger partial charge in [0.05, 0.1) is 0 Å². The number of benzene rings is 1. The first-order valence-corrected chi connectivity index (χ1v) is 5.12. The minimum Gasteiger partial charge on any atom is -0.383 e. The average Bonchev–Trinajstić information content (AvgIpc) is 2.26. The number of Topliss-reactive ketones (excluding diaryl/α,β-unsaturated/α-hetero) is 1. The second kappa shape index (κ2) is 5.35. The molecule has 0 heterocycles. The molecule has 2 heteroatoms. The summed E-state index contributed by atoms with van der Waals surface area (Å²) in [6.07, 6.45) is 2.41. The monoisotopic (exact) mass is 203 g/mol. The van der Waals surface area contributed by atoms with E-state index in [1.165, 1.54) is 0 Å². The molecule has 0 atom stereocenters. The van der Waals surface area contributed by atoms with Crippen molar-refractivity contribution in [3.63, 3.8) is 0 Å². The third-order valence-electron chi connectivity index (χ3n) is 2.09. The van der Waals surface area contributed by atoms with Gasteiger partial charge in [0.2, 0.25) is 0 Å². The van der Waals surface area contributed by atoms with Crippen molar-refractivity contribution < 1.29 is 4.79 Å². The van der Waals surface area contributed by atoms with Crippen molar-refractivity contribution in [1.82, 2.24) is 4.90 Å². The fraction of sp³-hybridized carbons (Fsp3) is 0.308. The van der Waals surface area contributed by atoms with Crippen LogP contribution in [0.4, 0.5) is 0 Å². The van der Waals surface area contributed by atoms with Gasteiger partial charge in [-0.2, -0.15) is 0 Å². The van der Waals surface area contributed by atoms with Crippen molar-refractivity contribution in [3.05, 3.63) is 42.1 Å². The number of rotatable bonds is 4. The molecular formula is C13H17NO. The molecule has 1 rings (SSSR count). The van der Waals surface area contributed by atoms with Crippen LogP contribution >= 0.6 is 0 Å². The van der Waals surface area contributed by atoms with Crippen molar-refractivity contribution in [1.29, 1.82) is 0 Å². The van der Waals surface area contributed by atoms with Gasteiger partial charge in [0.1, 0.15) is 0 Å². The standard InChI is InChI=1S/C13H17NO/c1-4-13(15)12(10-14(2)3)11-8-6-5-7-9-11/h5-10H,4H2,1-3H3/b12-10-. The number of ketones is 1. The molecule has 0 aliphatic heterocycles. The van der Waals surface area contributed by atoms with E-state index in [2.05, 4.69) is 0 Å². The highest BCUT2D eigenvalue weighted by Crippen LogP contribution is 2.16. The molecule has 0 bridgehead atoms. The lowest BCUT2D eigenvalue weighted by Gasteiger charge is -2.10. The molecule has 0 unspecified atom stereocenters. The summed E-state index contributed by atoms with van der Waals surface area (Å²) in [6.45, 7) is 1.88. The largest absolute Gasteiger partial charge is 0.383 e. The van der Waals surface area contributed by atoms with E-state index in [4.69, 9.17) is 0 Å². The molecule has 0 aliphatic carbocycles. The van der Waals surface area contributed by atoms with Gasteiger partial charge in [-0.1, -0.05) is 37.3 Å². The van der Waals surface area contributed by atoms with Crippen LogP contribution in [0.2, 0.25) is 0 Å². The van der Waals surface area contributed by atoms with Gasteiger partial charge in [-0.15, -0.1) is 0 Å². The van der Waals surface area contributed by atoms with Crippen LogP contribution in [0.5, 0.6) is 0 Å². The van der Waals surface area contributed by atoms with Gasteiger partial charge in [0.25, 0.3) is 0 Å². The van der Waals surface area contributed by atoms with Crippen molar-refractivity contribution in [3.8, 4) is 0 Å². The molecule has 0 N–H and O–H groups in total. The minimum absolute atomic E-state index is 0.176. The first-order valence-electron chi connectivity index (χ1n) is 5.12. The van der Waals surface area contributed by atoms with Crippen LogP contribution in [-0.2, 0) is 4.79 Å². The van der Waals surface area contributed by atoms with Crippen LogP contribution in [0.25, 0.3) is 5.57 Å². The first kappa shape index (κ1) is 11.5. The zero-order valence-electron chi connectivity index (χ0n) is 9.53. The summed E-state index contributed by atoms with van der Waals surface area (Å²) in [7, 11) is 3.84. The Morgan fingerprint density at radius 3 is 2.33 bits per heavy atom. The van der Waals surface area contributed by atoms with Crippen LogP contribution in [0.3, 0.4) is 0 Å². The van der Waals surface area contributed by atoms with Crippen LogP contribution in [0, 0.1) is 0 Å². The molecule has 0 saturated carbocycles. The van der Waals surface area contributed by atoms with Gasteiger partial charge in [-0.05, 0) is 5.56 Å². The molecule has 1 aromatic rings. The molecule has 1 aromatic carbocycles. The summed E-state index contributed by atoms with van der Waals surface area (Å²) in [5.74, 6) is 0.176. The summed E-state index contributed by atoms with van der Waals surface area (Å²) >= 11 is 0. The summed E-state index contributed by atoms with van der Waals surface area (Å²) in [4.78, 5) is 13.7. The normalized spacial score (nSPS) is 11.3. The van der Waals surface area contributed by atoms with Crippen LogP contribution in [-0.4, -0.2) is 24.8 Å².